The maximum absolute atomic E-state index is 6.54. The van der Waals surface area contributed by atoms with Crippen LogP contribution in [0.15, 0.2) is 79.4 Å². The number of hydrogen-bond donors (Lipinski definition) is 0. The van der Waals surface area contributed by atoms with Gasteiger partial charge in [0.05, 0.1) is 19.8 Å². The van der Waals surface area contributed by atoms with Gasteiger partial charge in [-0.05, 0) is 48.9 Å². The van der Waals surface area contributed by atoms with Crippen molar-refractivity contribution in [2.45, 2.75) is 39.1 Å². The monoisotopic (exact) mass is 642 g/mol. The molecule has 0 spiro atoms. The van der Waals surface area contributed by atoms with Crippen molar-refractivity contribution in [1.29, 1.82) is 0 Å². The molecule has 1 unspecified atom stereocenters. The van der Waals surface area contributed by atoms with Crippen molar-refractivity contribution in [1.82, 2.24) is 4.57 Å². The summed E-state index contributed by atoms with van der Waals surface area (Å²) in [5.41, 5.74) is 2.93. The summed E-state index contributed by atoms with van der Waals surface area (Å²) in [6, 6.07) is 18.9. The second-order valence-electron chi connectivity index (χ2n) is 8.56. The van der Waals surface area contributed by atoms with Crippen molar-refractivity contribution in [2.24, 2.45) is 0 Å². The molecule has 1 aromatic heterocycles. The van der Waals surface area contributed by atoms with Crippen LogP contribution in [0.3, 0.4) is 0 Å². The van der Waals surface area contributed by atoms with Gasteiger partial charge in [0.1, 0.15) is 30.8 Å². The van der Waals surface area contributed by atoms with E-state index < -0.39 is 0 Å². The Morgan fingerprint density at radius 3 is 2.30 bits per heavy atom. The molecule has 0 bridgehead atoms. The van der Waals surface area contributed by atoms with Crippen molar-refractivity contribution in [3.05, 3.63) is 116 Å². The van der Waals surface area contributed by atoms with E-state index in [1.807, 2.05) is 42.7 Å². The molecule has 4 rings (SSSR count). The molecule has 0 N–H and O–H groups in total. The Labute approximate surface area is 248 Å². The number of rotatable bonds is 11. The Morgan fingerprint density at radius 1 is 0.892 bits per heavy atom. The summed E-state index contributed by atoms with van der Waals surface area (Å²) >= 11 is 25.1. The fraction of sp³-hybridized carbons (Fsp3) is 0.250. The average Bonchev–Trinajstić information content (AvgIpc) is 3.29. The average molecular weight is 645 g/mol. The molecule has 3 aromatic carbocycles. The van der Waals surface area contributed by atoms with E-state index in [1.54, 1.807) is 18.2 Å². The van der Waals surface area contributed by atoms with Gasteiger partial charge in [0, 0.05) is 32.1 Å². The molecule has 0 amide bonds. The van der Waals surface area contributed by atoms with E-state index in [9.17, 15) is 0 Å². The highest BCUT2D eigenvalue weighted by Crippen LogP contribution is 2.31. The summed E-state index contributed by atoms with van der Waals surface area (Å²) in [5.74, 6) is 0.892. The predicted octanol–water partition coefficient (Wildman–Crippen LogP) is 5.13. The quantitative estimate of drug-likeness (QED) is 0.167. The molecule has 0 aliphatic heterocycles. The maximum Gasteiger partial charge on any atom is 0.243 e. The van der Waals surface area contributed by atoms with Crippen LogP contribution in [0, 0.1) is 6.92 Å². The molecular weight excluding hydrogens is 618 g/mol. The van der Waals surface area contributed by atoms with Crippen LogP contribution < -0.4 is 26.3 Å². The van der Waals surface area contributed by atoms with E-state index in [1.165, 1.54) is 5.56 Å². The van der Waals surface area contributed by atoms with Crippen LogP contribution in [0.25, 0.3) is 0 Å². The Kier molecular flexibility index (Phi) is 11.6. The van der Waals surface area contributed by atoms with Gasteiger partial charge >= 0.3 is 0 Å². The molecule has 0 aliphatic carbocycles. The molecule has 9 heteroatoms. The Morgan fingerprint density at radius 2 is 1.59 bits per heavy atom. The maximum atomic E-state index is 6.54. The first-order valence-corrected chi connectivity index (χ1v) is 13.1. The van der Waals surface area contributed by atoms with Crippen molar-refractivity contribution in [3.8, 4) is 5.75 Å². The molecule has 4 aromatic rings. The molecule has 0 saturated carbocycles. The smallest absolute Gasteiger partial charge is 0.243 e. The van der Waals surface area contributed by atoms with E-state index in [-0.39, 0.29) is 23.1 Å². The lowest BCUT2D eigenvalue weighted by Crippen LogP contribution is -3.00. The summed E-state index contributed by atoms with van der Waals surface area (Å²) in [6.07, 6.45) is 6.70. The minimum Gasteiger partial charge on any atom is -1.00 e. The zero-order chi connectivity index (χ0) is 25.5. The van der Waals surface area contributed by atoms with Gasteiger partial charge in [-0.3, -0.25) is 0 Å². The SMILES string of the molecule is Cc1ccc(OCCCn2cc[n+](CC(OCc3ccc(Cl)cc3Cl)c3ccc(Cl)cc3Cl)c2)cc1.[Br-]. The number of nitrogens with zero attached hydrogens (tertiary/aromatic N) is 2. The normalized spacial score (nSPS) is 11.7. The second kappa shape index (κ2) is 14.4. The van der Waals surface area contributed by atoms with Gasteiger partial charge in [-0.15, -0.1) is 0 Å². The molecule has 1 atom stereocenters. The summed E-state index contributed by atoms with van der Waals surface area (Å²) in [4.78, 5) is 0. The molecule has 0 radical (unpaired) electrons. The van der Waals surface area contributed by atoms with Crippen LogP contribution >= 0.6 is 46.4 Å². The highest BCUT2D eigenvalue weighted by Gasteiger charge is 2.20. The fourth-order valence-corrected chi connectivity index (χ4v) is 4.77. The lowest BCUT2D eigenvalue weighted by molar-refractivity contribution is -0.704. The number of imidazole rings is 1. The Balaban J connectivity index is 0.00000380. The molecule has 1 heterocycles. The van der Waals surface area contributed by atoms with Gasteiger partial charge in [0.2, 0.25) is 6.33 Å². The van der Waals surface area contributed by atoms with Gasteiger partial charge in [-0.2, -0.15) is 0 Å². The van der Waals surface area contributed by atoms with E-state index in [4.69, 9.17) is 55.9 Å². The van der Waals surface area contributed by atoms with Crippen LogP contribution in [0.2, 0.25) is 20.1 Å². The van der Waals surface area contributed by atoms with Crippen LogP contribution in [0.5, 0.6) is 5.75 Å². The third-order valence-electron chi connectivity index (χ3n) is 5.74. The van der Waals surface area contributed by atoms with E-state index >= 15 is 0 Å². The lowest BCUT2D eigenvalue weighted by Gasteiger charge is -2.19. The highest BCUT2D eigenvalue weighted by atomic mass is 79.9. The standard InChI is InChI=1S/C28H27Cl4N2O2.BrH/c1-20-3-8-24(9-4-20)35-14-2-11-33-12-13-34(19-33)17-28(25-10-7-23(30)16-27(25)32)36-18-21-5-6-22(29)15-26(21)31;/h3-10,12-13,15-16,19,28H,2,11,14,17-18H2,1H3;1H/q+1;/p-1. The van der Waals surface area contributed by atoms with Crippen molar-refractivity contribution in [3.63, 3.8) is 0 Å². The third kappa shape index (κ3) is 8.91. The van der Waals surface area contributed by atoms with Gasteiger partial charge in [-0.25, -0.2) is 9.13 Å². The lowest BCUT2D eigenvalue weighted by atomic mass is 10.1. The first-order chi connectivity index (χ1) is 17.4. The van der Waals surface area contributed by atoms with Gasteiger partial charge < -0.3 is 26.5 Å². The molecule has 196 valence electrons. The van der Waals surface area contributed by atoms with E-state index in [0.717, 1.165) is 29.8 Å². The van der Waals surface area contributed by atoms with E-state index in [2.05, 4.69) is 34.5 Å². The number of hydrogen-bond acceptors (Lipinski definition) is 2. The summed E-state index contributed by atoms with van der Waals surface area (Å²) in [7, 11) is 0. The zero-order valence-electron chi connectivity index (χ0n) is 20.2. The summed E-state index contributed by atoms with van der Waals surface area (Å²) < 4.78 is 16.4. The number of benzene rings is 3. The summed E-state index contributed by atoms with van der Waals surface area (Å²) in [5, 5.41) is 2.29. The first-order valence-electron chi connectivity index (χ1n) is 11.6. The zero-order valence-corrected chi connectivity index (χ0v) is 24.8. The van der Waals surface area contributed by atoms with Crippen LogP contribution in [0.1, 0.15) is 29.2 Å². The largest absolute Gasteiger partial charge is 1.00 e. The van der Waals surface area contributed by atoms with Crippen molar-refractivity contribution < 1.29 is 31.0 Å². The minimum atomic E-state index is -0.313. The van der Waals surface area contributed by atoms with Crippen LogP contribution in [-0.2, 0) is 24.4 Å². The van der Waals surface area contributed by atoms with Gasteiger partial charge in [0.15, 0.2) is 0 Å². The molecule has 0 fully saturated rings. The Bertz CT molecular complexity index is 1300. The number of aryl methyl sites for hydroxylation is 2. The molecular formula is C28H27BrCl4N2O2. The topological polar surface area (TPSA) is 27.3 Å². The van der Waals surface area contributed by atoms with Crippen molar-refractivity contribution >= 4 is 46.4 Å². The molecule has 0 saturated heterocycles. The summed E-state index contributed by atoms with van der Waals surface area (Å²) in [6.45, 7) is 4.44. The Hall–Kier alpha value is -1.73. The third-order valence-corrected chi connectivity index (χ3v) is 6.89. The number of ether oxygens (including phenoxy) is 2. The first kappa shape index (κ1) is 29.8. The number of halogens is 5. The highest BCUT2D eigenvalue weighted by molar-refractivity contribution is 6.35. The molecule has 0 aliphatic rings. The molecule has 4 nitrogen and oxygen atoms in total. The van der Waals surface area contributed by atoms with Gasteiger partial charge in [-0.1, -0.05) is 76.2 Å². The predicted molar refractivity (Wildman–Crippen MR) is 146 cm³/mol. The van der Waals surface area contributed by atoms with Gasteiger partial charge in [0.25, 0.3) is 0 Å². The molecule has 37 heavy (non-hydrogen) atoms. The van der Waals surface area contributed by atoms with Crippen LogP contribution in [0.4, 0.5) is 0 Å². The second-order valence-corrected chi connectivity index (χ2v) is 10.3. The fourth-order valence-electron chi connectivity index (χ4n) is 3.77. The van der Waals surface area contributed by atoms with Crippen molar-refractivity contribution in [2.75, 3.05) is 6.61 Å². The minimum absolute atomic E-state index is 0. The van der Waals surface area contributed by atoms with Crippen LogP contribution in [-0.4, -0.2) is 11.2 Å². The number of aromatic nitrogens is 2. The van der Waals surface area contributed by atoms with E-state index in [0.29, 0.717) is 39.8 Å².